The Morgan fingerprint density at radius 2 is 1.50 bits per heavy atom. The Hall–Kier alpha value is -3.65. The highest BCUT2D eigenvalue weighted by atomic mass is 32.2. The first-order chi connectivity index (χ1) is 19.8. The van der Waals surface area contributed by atoms with Crippen molar-refractivity contribution in [3.8, 4) is 0 Å². The molecule has 0 bridgehead atoms. The van der Waals surface area contributed by atoms with E-state index >= 15 is 0 Å². The lowest BCUT2D eigenvalue weighted by atomic mass is 9.99. The summed E-state index contributed by atoms with van der Waals surface area (Å²) in [7, 11) is -3.56. The van der Waals surface area contributed by atoms with Gasteiger partial charge in [-0.05, 0) is 74.9 Å². The lowest BCUT2D eigenvalue weighted by Crippen LogP contribution is -2.54. The second-order valence-corrected chi connectivity index (χ2v) is 13.8. The summed E-state index contributed by atoms with van der Waals surface area (Å²) < 4.78 is 26.7. The predicted octanol–water partition coefficient (Wildman–Crippen LogP) is 5.66. The fourth-order valence-electron chi connectivity index (χ4n) is 4.88. The molecule has 1 N–H and O–H groups in total. The van der Waals surface area contributed by atoms with Gasteiger partial charge in [-0.25, -0.2) is 8.42 Å². The highest BCUT2D eigenvalue weighted by Gasteiger charge is 2.32. The van der Waals surface area contributed by atoms with Crippen LogP contribution in [0.15, 0.2) is 78.9 Å². The van der Waals surface area contributed by atoms with Crippen LogP contribution in [0.25, 0.3) is 0 Å². The summed E-state index contributed by atoms with van der Waals surface area (Å²) in [6.45, 7) is 10.2. The lowest BCUT2D eigenvalue weighted by molar-refractivity contribution is -0.142. The van der Waals surface area contributed by atoms with Crippen LogP contribution < -0.4 is 9.62 Å². The number of nitrogens with one attached hydrogen (secondary N) is 1. The number of amides is 2. The van der Waals surface area contributed by atoms with Gasteiger partial charge in [-0.2, -0.15) is 0 Å². The maximum Gasteiger partial charge on any atom is 0.243 e. The van der Waals surface area contributed by atoms with E-state index in [1.807, 2.05) is 101 Å². The van der Waals surface area contributed by atoms with Gasteiger partial charge in [-0.1, -0.05) is 73.7 Å². The summed E-state index contributed by atoms with van der Waals surface area (Å²) in [4.78, 5) is 29.4. The van der Waals surface area contributed by atoms with Gasteiger partial charge in [0, 0.05) is 31.5 Å². The molecule has 0 saturated carbocycles. The van der Waals surface area contributed by atoms with Crippen molar-refractivity contribution in [1.82, 2.24) is 10.2 Å². The van der Waals surface area contributed by atoms with Crippen molar-refractivity contribution in [2.75, 3.05) is 17.1 Å². The number of hydrogen-bond donors (Lipinski definition) is 1. The molecule has 3 aromatic rings. The van der Waals surface area contributed by atoms with Crippen LogP contribution in [0, 0.1) is 6.92 Å². The van der Waals surface area contributed by atoms with E-state index in [0.717, 1.165) is 28.7 Å². The molecule has 226 valence electrons. The smallest absolute Gasteiger partial charge is 0.243 e. The molecule has 0 aliphatic rings. The maximum atomic E-state index is 14.0. The molecule has 0 spiro atoms. The van der Waals surface area contributed by atoms with Crippen LogP contribution in [0.2, 0.25) is 0 Å². The van der Waals surface area contributed by atoms with Gasteiger partial charge in [0.15, 0.2) is 0 Å². The number of carbonyl (C=O) groups is 2. The van der Waals surface area contributed by atoms with E-state index in [0.29, 0.717) is 18.5 Å². The number of benzene rings is 3. The number of aryl methyl sites for hydroxylation is 2. The van der Waals surface area contributed by atoms with Crippen LogP contribution in [0.4, 0.5) is 5.69 Å². The molecule has 0 unspecified atom stereocenters. The van der Waals surface area contributed by atoms with Crippen LogP contribution in [0.3, 0.4) is 0 Å². The van der Waals surface area contributed by atoms with Gasteiger partial charge in [0.2, 0.25) is 21.8 Å². The standard InChI is InChI=1S/C34H45N3O4S/c1-7-27-19-21-30(22-20-27)37(42(6,40)41)23-13-18-32(38)36(25-29-17-12-11-14-26(29)2)31(33(39)35-34(3,4)5)24-28-15-9-8-10-16-28/h8-12,14-17,19-22,31H,7,13,18,23-25H2,1-6H3,(H,35,39)/t31-/m1/s1. The predicted molar refractivity (Wildman–Crippen MR) is 171 cm³/mol. The Labute approximate surface area is 252 Å². The molecular weight excluding hydrogens is 546 g/mol. The van der Waals surface area contributed by atoms with Gasteiger partial charge in [-0.3, -0.25) is 13.9 Å². The number of rotatable bonds is 13. The molecular formula is C34H45N3O4S. The molecule has 7 nitrogen and oxygen atoms in total. The first-order valence-electron chi connectivity index (χ1n) is 14.5. The minimum absolute atomic E-state index is 0.0963. The molecule has 0 saturated heterocycles. The summed E-state index contributed by atoms with van der Waals surface area (Å²) in [5.74, 6) is -0.417. The number of sulfonamides is 1. The Morgan fingerprint density at radius 3 is 2.07 bits per heavy atom. The molecule has 0 aromatic heterocycles. The van der Waals surface area contributed by atoms with Crippen molar-refractivity contribution in [2.45, 2.75) is 78.4 Å². The van der Waals surface area contributed by atoms with E-state index in [-0.39, 0.29) is 31.3 Å². The summed E-state index contributed by atoms with van der Waals surface area (Å²) in [5, 5.41) is 3.08. The van der Waals surface area contributed by atoms with Gasteiger partial charge < -0.3 is 10.2 Å². The second-order valence-electron chi connectivity index (χ2n) is 11.9. The zero-order chi connectivity index (χ0) is 30.9. The average Bonchev–Trinajstić information content (AvgIpc) is 2.93. The number of nitrogens with zero attached hydrogens (tertiary/aromatic N) is 2. The van der Waals surface area contributed by atoms with Gasteiger partial charge >= 0.3 is 0 Å². The number of hydrogen-bond acceptors (Lipinski definition) is 4. The highest BCUT2D eigenvalue weighted by molar-refractivity contribution is 7.92. The summed E-state index contributed by atoms with van der Waals surface area (Å²) >= 11 is 0. The fraction of sp³-hybridized carbons (Fsp3) is 0.412. The zero-order valence-electron chi connectivity index (χ0n) is 25.8. The lowest BCUT2D eigenvalue weighted by Gasteiger charge is -2.34. The highest BCUT2D eigenvalue weighted by Crippen LogP contribution is 2.22. The molecule has 0 radical (unpaired) electrons. The minimum Gasteiger partial charge on any atom is -0.350 e. The molecule has 42 heavy (non-hydrogen) atoms. The fourth-order valence-corrected chi connectivity index (χ4v) is 5.85. The van der Waals surface area contributed by atoms with Crippen LogP contribution in [-0.2, 0) is 39.0 Å². The molecule has 0 aliphatic carbocycles. The van der Waals surface area contributed by atoms with E-state index < -0.39 is 21.6 Å². The first kappa shape index (κ1) is 32.9. The molecule has 0 fully saturated rings. The molecule has 0 heterocycles. The van der Waals surface area contributed by atoms with Crippen molar-refractivity contribution in [1.29, 1.82) is 0 Å². The zero-order valence-corrected chi connectivity index (χ0v) is 26.6. The quantitative estimate of drug-likeness (QED) is 0.278. The Kier molecular flexibility index (Phi) is 11.3. The molecule has 3 rings (SSSR count). The number of carbonyl (C=O) groups excluding carboxylic acids is 2. The largest absolute Gasteiger partial charge is 0.350 e. The van der Waals surface area contributed by atoms with Crippen LogP contribution >= 0.6 is 0 Å². The van der Waals surface area contributed by atoms with E-state index in [4.69, 9.17) is 0 Å². The van der Waals surface area contributed by atoms with Crippen molar-refractivity contribution >= 4 is 27.5 Å². The average molecular weight is 592 g/mol. The van der Waals surface area contributed by atoms with E-state index in [2.05, 4.69) is 5.32 Å². The third-order valence-corrected chi connectivity index (χ3v) is 8.35. The summed E-state index contributed by atoms with van der Waals surface area (Å²) in [6.07, 6.45) is 2.81. The van der Waals surface area contributed by atoms with Crippen molar-refractivity contribution in [3.05, 3.63) is 101 Å². The third-order valence-electron chi connectivity index (χ3n) is 7.16. The monoisotopic (exact) mass is 591 g/mol. The third kappa shape index (κ3) is 9.72. The van der Waals surface area contributed by atoms with E-state index in [1.54, 1.807) is 17.0 Å². The molecule has 2 amide bonds. The Bertz CT molecular complexity index is 1430. The first-order valence-corrected chi connectivity index (χ1v) is 16.4. The molecule has 8 heteroatoms. The SMILES string of the molecule is CCc1ccc(N(CCCC(=O)N(Cc2ccccc2C)[C@H](Cc2ccccc2)C(=O)NC(C)(C)C)S(C)(=O)=O)cc1. The number of anilines is 1. The summed E-state index contributed by atoms with van der Waals surface area (Å²) in [5.41, 5.74) is 4.16. The molecule has 1 atom stereocenters. The van der Waals surface area contributed by atoms with Crippen molar-refractivity contribution in [3.63, 3.8) is 0 Å². The molecule has 3 aromatic carbocycles. The van der Waals surface area contributed by atoms with Crippen molar-refractivity contribution < 1.29 is 18.0 Å². The Balaban J connectivity index is 1.90. The van der Waals surface area contributed by atoms with Crippen LogP contribution in [0.5, 0.6) is 0 Å². The van der Waals surface area contributed by atoms with Crippen LogP contribution in [-0.4, -0.2) is 49.5 Å². The minimum atomic E-state index is -3.56. The summed E-state index contributed by atoms with van der Waals surface area (Å²) in [6, 6.07) is 24.2. The van der Waals surface area contributed by atoms with Gasteiger partial charge in [0.1, 0.15) is 6.04 Å². The molecule has 0 aliphatic heterocycles. The van der Waals surface area contributed by atoms with Crippen molar-refractivity contribution in [2.24, 2.45) is 0 Å². The Morgan fingerprint density at radius 1 is 0.881 bits per heavy atom. The second kappa shape index (κ2) is 14.5. The van der Waals surface area contributed by atoms with E-state index in [1.165, 1.54) is 10.6 Å². The van der Waals surface area contributed by atoms with Gasteiger partial charge in [0.05, 0.1) is 11.9 Å². The normalized spacial score (nSPS) is 12.4. The van der Waals surface area contributed by atoms with Gasteiger partial charge in [-0.15, -0.1) is 0 Å². The topological polar surface area (TPSA) is 86.8 Å². The van der Waals surface area contributed by atoms with E-state index in [9.17, 15) is 18.0 Å². The van der Waals surface area contributed by atoms with Crippen LogP contribution in [0.1, 0.15) is 62.8 Å². The maximum absolute atomic E-state index is 14.0. The van der Waals surface area contributed by atoms with Gasteiger partial charge in [0.25, 0.3) is 0 Å².